The lowest BCUT2D eigenvalue weighted by Crippen LogP contribution is -2.13. The molecule has 1 N–H and O–H groups in total. The van der Waals surface area contributed by atoms with Crippen molar-refractivity contribution in [1.29, 1.82) is 0 Å². The molecule has 0 aliphatic heterocycles. The van der Waals surface area contributed by atoms with Crippen molar-refractivity contribution in [1.82, 2.24) is 10.2 Å². The summed E-state index contributed by atoms with van der Waals surface area (Å²) in [6, 6.07) is 22.8. The predicted octanol–water partition coefficient (Wildman–Crippen LogP) is 5.73. The van der Waals surface area contributed by atoms with Crippen LogP contribution in [0.1, 0.15) is 17.5 Å². The molecule has 0 fully saturated rings. The van der Waals surface area contributed by atoms with Gasteiger partial charge in [0.05, 0.1) is 0 Å². The maximum atomic E-state index is 13.5. The molecular formula is C21H15ClFN3O. The first-order valence-corrected chi connectivity index (χ1v) is 8.74. The van der Waals surface area contributed by atoms with E-state index < -0.39 is 11.9 Å². The van der Waals surface area contributed by atoms with E-state index in [4.69, 9.17) is 16.0 Å². The van der Waals surface area contributed by atoms with Gasteiger partial charge in [-0.05, 0) is 36.4 Å². The molecule has 0 radical (unpaired) electrons. The summed E-state index contributed by atoms with van der Waals surface area (Å²) in [7, 11) is 0. The third kappa shape index (κ3) is 3.83. The van der Waals surface area contributed by atoms with Crippen LogP contribution in [-0.4, -0.2) is 10.2 Å². The van der Waals surface area contributed by atoms with Crippen LogP contribution in [0.5, 0.6) is 0 Å². The van der Waals surface area contributed by atoms with Crippen LogP contribution < -0.4 is 5.32 Å². The van der Waals surface area contributed by atoms with E-state index in [0.29, 0.717) is 17.3 Å². The monoisotopic (exact) mass is 379 g/mol. The summed E-state index contributed by atoms with van der Waals surface area (Å²) in [5, 5.41) is 12.0. The number of hydrogen-bond acceptors (Lipinski definition) is 4. The fourth-order valence-electron chi connectivity index (χ4n) is 2.76. The van der Waals surface area contributed by atoms with Crippen molar-refractivity contribution in [2.24, 2.45) is 0 Å². The summed E-state index contributed by atoms with van der Waals surface area (Å²) in [5.41, 5.74) is 2.31. The quantitative estimate of drug-likeness (QED) is 0.481. The van der Waals surface area contributed by atoms with Crippen LogP contribution in [0.3, 0.4) is 0 Å². The molecule has 134 valence electrons. The molecule has 3 aromatic carbocycles. The zero-order valence-corrected chi connectivity index (χ0v) is 14.9. The topological polar surface area (TPSA) is 51.0 Å². The first-order chi connectivity index (χ1) is 13.2. The van der Waals surface area contributed by atoms with Gasteiger partial charge in [-0.1, -0.05) is 54.1 Å². The van der Waals surface area contributed by atoms with Crippen LogP contribution >= 0.6 is 11.6 Å². The fraction of sp³-hybridized carbons (Fsp3) is 0.0476. The minimum atomic E-state index is -0.523. The summed E-state index contributed by atoms with van der Waals surface area (Å²) in [6.07, 6.45) is 0. The molecular weight excluding hydrogens is 365 g/mol. The lowest BCUT2D eigenvalue weighted by atomic mass is 10.1. The molecule has 1 unspecified atom stereocenters. The van der Waals surface area contributed by atoms with E-state index in [1.54, 1.807) is 6.07 Å². The summed E-state index contributed by atoms with van der Waals surface area (Å²) in [5.74, 6) is 0.340. The number of hydrogen-bond donors (Lipinski definition) is 1. The predicted molar refractivity (Wildman–Crippen MR) is 103 cm³/mol. The molecule has 4 nitrogen and oxygen atoms in total. The highest BCUT2D eigenvalue weighted by molar-refractivity contribution is 6.31. The van der Waals surface area contributed by atoms with Crippen molar-refractivity contribution >= 4 is 17.3 Å². The number of rotatable bonds is 5. The van der Waals surface area contributed by atoms with E-state index in [-0.39, 0.29) is 5.02 Å². The highest BCUT2D eigenvalue weighted by Crippen LogP contribution is 2.32. The molecule has 0 bridgehead atoms. The lowest BCUT2D eigenvalue weighted by Gasteiger charge is -2.18. The van der Waals surface area contributed by atoms with Crippen LogP contribution in [0.4, 0.5) is 10.1 Å². The van der Waals surface area contributed by atoms with E-state index in [1.165, 1.54) is 12.1 Å². The molecule has 4 rings (SSSR count). The van der Waals surface area contributed by atoms with Crippen molar-refractivity contribution in [3.63, 3.8) is 0 Å². The van der Waals surface area contributed by atoms with Crippen molar-refractivity contribution in [3.05, 3.63) is 101 Å². The Balaban J connectivity index is 1.75. The minimum Gasteiger partial charge on any atom is -0.418 e. The average Bonchev–Trinajstić information content (AvgIpc) is 3.18. The van der Waals surface area contributed by atoms with E-state index >= 15 is 0 Å². The van der Waals surface area contributed by atoms with Crippen molar-refractivity contribution < 1.29 is 8.81 Å². The van der Waals surface area contributed by atoms with E-state index in [0.717, 1.165) is 11.3 Å². The van der Waals surface area contributed by atoms with E-state index in [1.807, 2.05) is 60.7 Å². The Morgan fingerprint density at radius 3 is 2.30 bits per heavy atom. The first-order valence-electron chi connectivity index (χ1n) is 8.36. The van der Waals surface area contributed by atoms with E-state index in [9.17, 15) is 4.39 Å². The minimum absolute atomic E-state index is 0.280. The number of benzene rings is 3. The molecule has 1 heterocycles. The zero-order chi connectivity index (χ0) is 18.6. The molecule has 0 aliphatic carbocycles. The van der Waals surface area contributed by atoms with Gasteiger partial charge in [-0.3, -0.25) is 0 Å². The van der Waals surface area contributed by atoms with Crippen LogP contribution in [0.25, 0.3) is 11.5 Å². The SMILES string of the molecule is Fc1ccc(C(Nc2ccccc2)c2nnc(-c3ccccc3)o2)c(Cl)c1. The smallest absolute Gasteiger partial charge is 0.247 e. The maximum absolute atomic E-state index is 13.5. The van der Waals surface area contributed by atoms with Gasteiger partial charge >= 0.3 is 0 Å². The summed E-state index contributed by atoms with van der Waals surface area (Å²) < 4.78 is 19.4. The highest BCUT2D eigenvalue weighted by Gasteiger charge is 2.24. The molecule has 0 amide bonds. The Bertz CT molecular complexity index is 1040. The Morgan fingerprint density at radius 2 is 1.59 bits per heavy atom. The van der Waals surface area contributed by atoms with Gasteiger partial charge in [-0.25, -0.2) is 4.39 Å². The Morgan fingerprint density at radius 1 is 0.889 bits per heavy atom. The van der Waals surface area contributed by atoms with Gasteiger partial charge in [0, 0.05) is 21.8 Å². The van der Waals surface area contributed by atoms with Crippen LogP contribution in [0.15, 0.2) is 83.3 Å². The first kappa shape index (κ1) is 17.2. The molecule has 0 spiro atoms. The molecule has 1 aromatic heterocycles. The number of halogens is 2. The number of nitrogens with zero attached hydrogens (tertiary/aromatic N) is 2. The van der Waals surface area contributed by atoms with Gasteiger partial charge in [0.25, 0.3) is 0 Å². The van der Waals surface area contributed by atoms with Crippen molar-refractivity contribution in [2.45, 2.75) is 6.04 Å². The molecule has 4 aromatic rings. The van der Waals surface area contributed by atoms with Gasteiger partial charge in [-0.15, -0.1) is 10.2 Å². The highest BCUT2D eigenvalue weighted by atomic mass is 35.5. The number of anilines is 1. The zero-order valence-electron chi connectivity index (χ0n) is 14.1. The molecule has 6 heteroatoms. The van der Waals surface area contributed by atoms with Crippen LogP contribution in [-0.2, 0) is 0 Å². The Hall–Kier alpha value is -3.18. The van der Waals surface area contributed by atoms with Gasteiger partial charge < -0.3 is 9.73 Å². The normalized spacial score (nSPS) is 11.9. The van der Waals surface area contributed by atoms with Gasteiger partial charge in [0.15, 0.2) is 0 Å². The van der Waals surface area contributed by atoms with Crippen molar-refractivity contribution in [2.75, 3.05) is 5.32 Å². The standard InChI is InChI=1S/C21H15ClFN3O/c22-18-13-15(23)11-12-17(18)19(24-16-9-5-2-6-10-16)21-26-25-20(27-21)14-7-3-1-4-8-14/h1-13,19,24H. The average molecular weight is 380 g/mol. The third-order valence-corrected chi connectivity index (χ3v) is 4.39. The summed E-state index contributed by atoms with van der Waals surface area (Å²) >= 11 is 6.29. The Labute approximate surface area is 160 Å². The van der Waals surface area contributed by atoms with Crippen LogP contribution in [0, 0.1) is 5.82 Å². The molecule has 0 aliphatic rings. The Kier molecular flexibility index (Phi) is 4.85. The molecule has 1 atom stereocenters. The van der Waals surface area contributed by atoms with Crippen molar-refractivity contribution in [3.8, 4) is 11.5 Å². The molecule has 0 saturated carbocycles. The lowest BCUT2D eigenvalue weighted by molar-refractivity contribution is 0.494. The van der Waals surface area contributed by atoms with Crippen LogP contribution in [0.2, 0.25) is 5.02 Å². The van der Waals surface area contributed by atoms with Gasteiger partial charge in [-0.2, -0.15) is 0 Å². The molecule has 27 heavy (non-hydrogen) atoms. The van der Waals surface area contributed by atoms with E-state index in [2.05, 4.69) is 15.5 Å². The number of para-hydroxylation sites is 1. The second kappa shape index (κ2) is 7.60. The number of aromatic nitrogens is 2. The second-order valence-corrected chi connectivity index (χ2v) is 6.33. The summed E-state index contributed by atoms with van der Waals surface area (Å²) in [6.45, 7) is 0. The molecule has 0 saturated heterocycles. The second-order valence-electron chi connectivity index (χ2n) is 5.92. The van der Waals surface area contributed by atoms with Gasteiger partial charge in [0.2, 0.25) is 11.8 Å². The largest absolute Gasteiger partial charge is 0.418 e. The van der Waals surface area contributed by atoms with Gasteiger partial charge in [0.1, 0.15) is 11.9 Å². The number of nitrogens with one attached hydrogen (secondary N) is 1. The fourth-order valence-corrected chi connectivity index (χ4v) is 3.03. The summed E-state index contributed by atoms with van der Waals surface area (Å²) in [4.78, 5) is 0. The maximum Gasteiger partial charge on any atom is 0.247 e. The third-order valence-electron chi connectivity index (χ3n) is 4.07.